The third-order valence-corrected chi connectivity index (χ3v) is 5.67. The predicted octanol–water partition coefficient (Wildman–Crippen LogP) is 2.98. The Morgan fingerprint density at radius 1 is 1.33 bits per heavy atom. The van der Waals surface area contributed by atoms with Crippen LogP contribution in [0.1, 0.15) is 50.6 Å². The summed E-state index contributed by atoms with van der Waals surface area (Å²) in [6.07, 6.45) is 5.43. The SMILES string of the molecule is CCC(Sc1nnnn1C1CCCC1)C(=O)NCc1ccccc1. The van der Waals surface area contributed by atoms with Crippen molar-refractivity contribution in [3.05, 3.63) is 35.9 Å². The molecule has 0 saturated heterocycles. The van der Waals surface area contributed by atoms with Crippen LogP contribution in [-0.4, -0.2) is 31.4 Å². The van der Waals surface area contributed by atoms with Gasteiger partial charge in [-0.1, -0.05) is 61.9 Å². The Bertz CT molecular complexity index is 654. The van der Waals surface area contributed by atoms with Gasteiger partial charge in [-0.25, -0.2) is 4.68 Å². The molecule has 6 nitrogen and oxygen atoms in total. The van der Waals surface area contributed by atoms with Crippen molar-refractivity contribution in [1.82, 2.24) is 25.5 Å². The number of nitrogens with one attached hydrogen (secondary N) is 1. The summed E-state index contributed by atoms with van der Waals surface area (Å²) >= 11 is 1.47. The molecule has 0 bridgehead atoms. The van der Waals surface area contributed by atoms with Crippen LogP contribution in [0.2, 0.25) is 0 Å². The van der Waals surface area contributed by atoms with Crippen LogP contribution in [0.5, 0.6) is 0 Å². The summed E-state index contributed by atoms with van der Waals surface area (Å²) in [6.45, 7) is 2.56. The van der Waals surface area contributed by atoms with E-state index < -0.39 is 0 Å². The van der Waals surface area contributed by atoms with Crippen molar-refractivity contribution >= 4 is 17.7 Å². The molecule has 1 amide bonds. The van der Waals surface area contributed by atoms with Crippen LogP contribution in [0.25, 0.3) is 0 Å². The Hall–Kier alpha value is -1.89. The summed E-state index contributed by atoms with van der Waals surface area (Å²) in [5, 5.41) is 15.7. The molecule has 0 spiro atoms. The van der Waals surface area contributed by atoms with Gasteiger partial charge in [-0.3, -0.25) is 4.79 Å². The van der Waals surface area contributed by atoms with Crippen LogP contribution in [0.4, 0.5) is 0 Å². The maximum atomic E-state index is 12.5. The lowest BCUT2D eigenvalue weighted by atomic mass is 10.2. The highest BCUT2D eigenvalue weighted by Gasteiger charge is 2.25. The molecule has 0 radical (unpaired) electrons. The number of rotatable bonds is 7. The van der Waals surface area contributed by atoms with E-state index in [1.165, 1.54) is 24.6 Å². The molecule has 1 saturated carbocycles. The zero-order chi connectivity index (χ0) is 16.8. The van der Waals surface area contributed by atoms with Gasteiger partial charge >= 0.3 is 0 Å². The molecule has 128 valence electrons. The minimum absolute atomic E-state index is 0.0346. The average molecular weight is 345 g/mol. The minimum Gasteiger partial charge on any atom is -0.351 e. The molecule has 1 aromatic carbocycles. The average Bonchev–Trinajstić information content (AvgIpc) is 3.29. The third kappa shape index (κ3) is 4.14. The summed E-state index contributed by atoms with van der Waals surface area (Å²) in [4.78, 5) is 12.5. The van der Waals surface area contributed by atoms with Crippen LogP contribution in [0.15, 0.2) is 35.5 Å². The van der Waals surface area contributed by atoms with Gasteiger partial charge in [-0.2, -0.15) is 0 Å². The van der Waals surface area contributed by atoms with Crippen molar-refractivity contribution in [1.29, 1.82) is 0 Å². The molecule has 2 aromatic rings. The van der Waals surface area contributed by atoms with Crippen LogP contribution in [0.3, 0.4) is 0 Å². The fourth-order valence-corrected chi connectivity index (χ4v) is 3.98. The number of tetrazole rings is 1. The Morgan fingerprint density at radius 2 is 2.08 bits per heavy atom. The Morgan fingerprint density at radius 3 is 2.79 bits per heavy atom. The van der Waals surface area contributed by atoms with E-state index in [4.69, 9.17) is 0 Å². The monoisotopic (exact) mass is 345 g/mol. The summed E-state index contributed by atoms with van der Waals surface area (Å²) < 4.78 is 1.91. The number of aromatic nitrogens is 4. The van der Waals surface area contributed by atoms with Crippen molar-refractivity contribution in [3.63, 3.8) is 0 Å². The summed E-state index contributed by atoms with van der Waals surface area (Å²) in [6, 6.07) is 10.3. The second kappa shape index (κ2) is 8.28. The third-order valence-electron chi connectivity index (χ3n) is 4.35. The van der Waals surface area contributed by atoms with Crippen molar-refractivity contribution in [3.8, 4) is 0 Å². The van der Waals surface area contributed by atoms with Gasteiger partial charge in [-0.15, -0.1) is 5.10 Å². The lowest BCUT2D eigenvalue weighted by Crippen LogP contribution is -2.32. The fourth-order valence-electron chi connectivity index (χ4n) is 2.99. The lowest BCUT2D eigenvalue weighted by molar-refractivity contribution is -0.120. The normalized spacial score (nSPS) is 16.2. The molecule has 1 aromatic heterocycles. The van der Waals surface area contributed by atoms with Crippen molar-refractivity contribution in [2.24, 2.45) is 0 Å². The zero-order valence-electron chi connectivity index (χ0n) is 13.9. The molecule has 3 rings (SSSR count). The number of benzene rings is 1. The topological polar surface area (TPSA) is 72.7 Å². The van der Waals surface area contributed by atoms with E-state index in [9.17, 15) is 4.79 Å². The van der Waals surface area contributed by atoms with E-state index in [-0.39, 0.29) is 11.2 Å². The van der Waals surface area contributed by atoms with Crippen molar-refractivity contribution < 1.29 is 4.79 Å². The van der Waals surface area contributed by atoms with Gasteiger partial charge in [0, 0.05) is 6.54 Å². The van der Waals surface area contributed by atoms with Gasteiger partial charge in [0.1, 0.15) is 0 Å². The fraction of sp³-hybridized carbons (Fsp3) is 0.529. The molecule has 7 heteroatoms. The highest BCUT2D eigenvalue weighted by Crippen LogP contribution is 2.33. The van der Waals surface area contributed by atoms with Gasteiger partial charge in [0.25, 0.3) is 0 Å². The zero-order valence-corrected chi connectivity index (χ0v) is 14.7. The first kappa shape index (κ1) is 17.0. The first-order valence-corrected chi connectivity index (χ1v) is 9.42. The molecule has 24 heavy (non-hydrogen) atoms. The van der Waals surface area contributed by atoms with E-state index in [1.807, 2.05) is 41.9 Å². The first-order valence-electron chi connectivity index (χ1n) is 8.54. The molecule has 0 aliphatic heterocycles. The molecule has 1 aliphatic carbocycles. The molecule has 1 unspecified atom stereocenters. The minimum atomic E-state index is -0.181. The predicted molar refractivity (Wildman–Crippen MR) is 93.5 cm³/mol. The van der Waals surface area contributed by atoms with Gasteiger partial charge in [0.15, 0.2) is 0 Å². The van der Waals surface area contributed by atoms with E-state index in [1.54, 1.807) is 0 Å². The quantitative estimate of drug-likeness (QED) is 0.781. The molecular formula is C17H23N5OS. The number of nitrogens with zero attached hydrogens (tertiary/aromatic N) is 4. The molecular weight excluding hydrogens is 322 g/mol. The van der Waals surface area contributed by atoms with Crippen molar-refractivity contribution in [2.45, 2.75) is 62.0 Å². The number of carbonyl (C=O) groups excluding carboxylic acids is 1. The molecule has 1 aliphatic rings. The van der Waals surface area contributed by atoms with E-state index in [2.05, 4.69) is 20.8 Å². The summed E-state index contributed by atoms with van der Waals surface area (Å²) in [5.41, 5.74) is 1.10. The number of hydrogen-bond donors (Lipinski definition) is 1. The van der Waals surface area contributed by atoms with Crippen LogP contribution in [-0.2, 0) is 11.3 Å². The van der Waals surface area contributed by atoms with Crippen molar-refractivity contribution in [2.75, 3.05) is 0 Å². The first-order chi connectivity index (χ1) is 11.8. The smallest absolute Gasteiger partial charge is 0.233 e. The summed E-state index contributed by atoms with van der Waals surface area (Å²) in [7, 11) is 0. The van der Waals surface area contributed by atoms with Gasteiger partial charge in [-0.05, 0) is 35.3 Å². The maximum absolute atomic E-state index is 12.5. The van der Waals surface area contributed by atoms with E-state index in [0.717, 1.165) is 30.0 Å². The lowest BCUT2D eigenvalue weighted by Gasteiger charge is -2.16. The van der Waals surface area contributed by atoms with Gasteiger partial charge < -0.3 is 5.32 Å². The highest BCUT2D eigenvalue weighted by atomic mass is 32.2. The Kier molecular flexibility index (Phi) is 5.85. The largest absolute Gasteiger partial charge is 0.351 e. The second-order valence-corrected chi connectivity index (χ2v) is 7.23. The second-order valence-electron chi connectivity index (χ2n) is 6.06. The molecule has 1 N–H and O–H groups in total. The molecule has 1 fully saturated rings. The van der Waals surface area contributed by atoms with E-state index >= 15 is 0 Å². The van der Waals surface area contributed by atoms with Gasteiger partial charge in [0.2, 0.25) is 11.1 Å². The van der Waals surface area contributed by atoms with Crippen LogP contribution in [0, 0.1) is 0 Å². The maximum Gasteiger partial charge on any atom is 0.233 e. The Labute approximate surface area is 146 Å². The van der Waals surface area contributed by atoms with Crippen LogP contribution >= 0.6 is 11.8 Å². The molecule has 1 heterocycles. The van der Waals surface area contributed by atoms with E-state index in [0.29, 0.717) is 12.6 Å². The number of thioether (sulfide) groups is 1. The number of hydrogen-bond acceptors (Lipinski definition) is 5. The number of carbonyl (C=O) groups is 1. The number of amides is 1. The standard InChI is InChI=1S/C17H23N5OS/c1-2-15(16(23)18-12-13-8-4-3-5-9-13)24-17-19-20-21-22(17)14-10-6-7-11-14/h3-5,8-9,14-15H,2,6-7,10-12H2,1H3,(H,18,23). The summed E-state index contributed by atoms with van der Waals surface area (Å²) in [5.74, 6) is 0.0346. The Balaban J connectivity index is 1.60. The molecule has 1 atom stereocenters. The highest BCUT2D eigenvalue weighted by molar-refractivity contribution is 8.00. The van der Waals surface area contributed by atoms with Gasteiger partial charge in [0.05, 0.1) is 11.3 Å². The van der Waals surface area contributed by atoms with Crippen LogP contribution < -0.4 is 5.32 Å².